The highest BCUT2D eigenvalue weighted by molar-refractivity contribution is 7.93. The van der Waals surface area contributed by atoms with Crippen LogP contribution in [0.3, 0.4) is 0 Å². The Hall–Kier alpha value is 3.77. The SMILES string of the molecule is Cl[Si](Cl)(Cl)C[Si](Cl)(Cl)C[Si](Cl)(Cl)[SiH]1[SiH2]C[SiH2]C[SiH2][SiH2]1. The van der Waals surface area contributed by atoms with E-state index in [1.54, 1.807) is 11.3 Å². The van der Waals surface area contributed by atoms with Crippen LogP contribution < -0.4 is 0 Å². The predicted octanol–water partition coefficient (Wildman–Crippen LogP) is 1.21. The second-order valence-electron chi connectivity index (χ2n) is 5.27. The van der Waals surface area contributed by atoms with Crippen molar-refractivity contribution in [2.45, 2.75) is 22.7 Å². The van der Waals surface area contributed by atoms with E-state index in [1.807, 2.05) is 0 Å². The van der Waals surface area contributed by atoms with E-state index in [0.29, 0.717) is 20.9 Å². The summed E-state index contributed by atoms with van der Waals surface area (Å²) in [5.74, 6) is 0. The number of hydrogen-bond donors (Lipinski definition) is 0. The first-order valence-corrected chi connectivity index (χ1v) is 36.6. The first-order valence-electron chi connectivity index (χ1n) is 6.34. The van der Waals surface area contributed by atoms with Crippen molar-refractivity contribution in [3.63, 3.8) is 0 Å². The van der Waals surface area contributed by atoms with Gasteiger partial charge in [0.05, 0.1) is 0 Å². The summed E-state index contributed by atoms with van der Waals surface area (Å²) in [6.07, 6.45) is -2.16. The number of rotatable bonds is 5. The van der Waals surface area contributed by atoms with Gasteiger partial charge in [0.2, 0.25) is 6.21 Å². The highest BCUT2D eigenvalue weighted by Gasteiger charge is 2.50. The van der Waals surface area contributed by atoms with E-state index in [-0.39, 0.29) is 26.6 Å². The van der Waals surface area contributed by atoms with Crippen LogP contribution in [-0.2, 0) is 0 Å². The highest BCUT2D eigenvalue weighted by Crippen LogP contribution is 2.41. The topological polar surface area (TPSA) is 0 Å². The van der Waals surface area contributed by atoms with E-state index in [1.165, 1.54) is 0 Å². The number of halogens is 7. The van der Waals surface area contributed by atoms with Crippen molar-refractivity contribution in [3.05, 3.63) is 0 Å². The van der Waals surface area contributed by atoms with Gasteiger partial charge >= 0.3 is 6.00 Å². The van der Waals surface area contributed by atoms with Gasteiger partial charge in [0.25, 0.3) is 6.69 Å². The van der Waals surface area contributed by atoms with Crippen molar-refractivity contribution in [1.29, 1.82) is 0 Å². The Morgan fingerprint density at radius 3 is 2.11 bits per heavy atom. The van der Waals surface area contributed by atoms with Crippen LogP contribution in [0.15, 0.2) is 0 Å². The Balaban J connectivity index is 2.65. The van der Waals surface area contributed by atoms with E-state index in [9.17, 15) is 0 Å². The van der Waals surface area contributed by atoms with Gasteiger partial charge in [-0.05, 0) is 14.2 Å². The molecule has 1 heterocycles. The zero-order valence-corrected chi connectivity index (χ0v) is 25.5. The summed E-state index contributed by atoms with van der Waals surface area (Å²) in [7, 11) is 0.0787. The lowest BCUT2D eigenvalue weighted by molar-refractivity contribution is 1.80. The molecule has 1 unspecified atom stereocenters. The molecule has 0 aliphatic carbocycles. The summed E-state index contributed by atoms with van der Waals surface area (Å²) in [5, 5.41) is 0. The van der Waals surface area contributed by atoms with Gasteiger partial charge in [0, 0.05) is 40.6 Å². The van der Waals surface area contributed by atoms with Gasteiger partial charge in [0.15, 0.2) is 0 Å². The molecule has 15 heteroatoms. The van der Waals surface area contributed by atoms with Gasteiger partial charge in [-0.1, -0.05) is 11.3 Å². The summed E-state index contributed by atoms with van der Waals surface area (Å²) >= 11 is 44.5. The normalized spacial score (nSPS) is 28.3. The zero-order chi connectivity index (χ0) is 14.7. The van der Waals surface area contributed by atoms with E-state index in [2.05, 4.69) is 0 Å². The molecule has 1 aliphatic rings. The van der Waals surface area contributed by atoms with E-state index < -0.39 is 26.3 Å². The largest absolute Gasteiger partial charge is 0.341 e. The molecule has 1 atom stereocenters. The molecule has 0 aromatic rings. The molecule has 1 saturated heterocycles. The fourth-order valence-electron chi connectivity index (χ4n) is 2.55. The van der Waals surface area contributed by atoms with Gasteiger partial charge in [-0.25, -0.2) is 0 Å². The standard InChI is InChI=1S/C4H17Cl7Si8/c5-17(6,3-18(7,8)9)4-19(10,11)16-14-2-12-1-13-15-16/h16H,1-4,12-15H2. The molecule has 0 N–H and O–H groups in total. The monoisotopic (exact) mass is 534 g/mol. The van der Waals surface area contributed by atoms with Crippen molar-refractivity contribution in [2.24, 2.45) is 0 Å². The van der Waals surface area contributed by atoms with Crippen LogP contribution >= 0.6 is 77.6 Å². The van der Waals surface area contributed by atoms with Gasteiger partial charge < -0.3 is 0 Å². The third-order valence-electron chi connectivity index (χ3n) is 3.41. The molecule has 0 saturated carbocycles. The predicted molar refractivity (Wildman–Crippen MR) is 119 cm³/mol. The fraction of sp³-hybridized carbons (Fsp3) is 1.00. The van der Waals surface area contributed by atoms with Crippen molar-refractivity contribution in [3.8, 4) is 0 Å². The maximum atomic E-state index is 6.83. The van der Waals surface area contributed by atoms with Crippen molar-refractivity contribution in [2.75, 3.05) is 0 Å². The molecule has 1 rings (SSSR count). The summed E-state index contributed by atoms with van der Waals surface area (Å²) in [5.41, 5.74) is 4.31. The number of hydrogen-bond acceptors (Lipinski definition) is 0. The van der Waals surface area contributed by atoms with Gasteiger partial charge in [-0.15, -0.1) is 55.4 Å². The van der Waals surface area contributed by atoms with Crippen LogP contribution in [0.2, 0.25) is 22.7 Å². The summed E-state index contributed by atoms with van der Waals surface area (Å²) in [6, 6.07) is -2.78. The minimum absolute atomic E-state index is 0.0850. The Kier molecular flexibility index (Phi) is 9.57. The zero-order valence-electron chi connectivity index (χ0n) is 10.4. The molecular formula is C4H17Cl7Si8. The van der Waals surface area contributed by atoms with Gasteiger partial charge in [0.1, 0.15) is 0 Å². The molecule has 0 aromatic carbocycles. The lowest BCUT2D eigenvalue weighted by Gasteiger charge is -2.30. The van der Waals surface area contributed by atoms with E-state index in [0.717, 1.165) is 0 Å². The van der Waals surface area contributed by atoms with Crippen molar-refractivity contribution in [1.82, 2.24) is 0 Å². The van der Waals surface area contributed by atoms with E-state index in [4.69, 9.17) is 77.6 Å². The second kappa shape index (κ2) is 8.74. The molecule has 0 spiro atoms. The lowest BCUT2D eigenvalue weighted by atomic mass is 11.8. The molecule has 1 fully saturated rings. The van der Waals surface area contributed by atoms with Crippen LogP contribution in [0.4, 0.5) is 0 Å². The van der Waals surface area contributed by atoms with Crippen LogP contribution in [0.1, 0.15) is 0 Å². The van der Waals surface area contributed by atoms with Gasteiger partial charge in [-0.3, -0.25) is 0 Å². The van der Waals surface area contributed by atoms with Crippen LogP contribution in [-0.4, -0.2) is 62.4 Å². The minimum Gasteiger partial charge on any atom is -0.151 e. The second-order valence-corrected chi connectivity index (χ2v) is 71.9. The van der Waals surface area contributed by atoms with Crippen LogP contribution in [0.25, 0.3) is 0 Å². The minimum atomic E-state index is -2.78. The smallest absolute Gasteiger partial charge is 0.151 e. The molecule has 0 nitrogen and oxygen atoms in total. The van der Waals surface area contributed by atoms with E-state index >= 15 is 0 Å². The summed E-state index contributed by atoms with van der Waals surface area (Å²) in [6.45, 7) is -2.56. The Morgan fingerprint density at radius 1 is 0.895 bits per heavy atom. The fourth-order valence-corrected chi connectivity index (χ4v) is 172. The first-order chi connectivity index (χ1) is 8.52. The molecule has 0 amide bonds. The Labute approximate surface area is 160 Å². The van der Waals surface area contributed by atoms with Crippen molar-refractivity contribution >= 4 is 140 Å². The quantitative estimate of drug-likeness (QED) is 0.365. The summed E-state index contributed by atoms with van der Waals surface area (Å²) < 4.78 is 0. The molecule has 114 valence electrons. The Bertz CT molecular complexity index is 285. The molecule has 19 heavy (non-hydrogen) atoms. The molecule has 0 radical (unpaired) electrons. The average molecular weight is 538 g/mol. The molecule has 0 aromatic heterocycles. The molecular weight excluding hydrogens is 521 g/mol. The van der Waals surface area contributed by atoms with Crippen molar-refractivity contribution < 1.29 is 0 Å². The maximum Gasteiger partial charge on any atom is 0.341 e. The molecule has 0 bridgehead atoms. The maximum absolute atomic E-state index is 6.83. The van der Waals surface area contributed by atoms with Crippen LogP contribution in [0.5, 0.6) is 0 Å². The van der Waals surface area contributed by atoms with Crippen LogP contribution in [0, 0.1) is 0 Å². The lowest BCUT2D eigenvalue weighted by Crippen LogP contribution is -2.55. The molecule has 1 aliphatic heterocycles. The Morgan fingerprint density at radius 2 is 1.53 bits per heavy atom. The first kappa shape index (κ1) is 20.8. The van der Waals surface area contributed by atoms with Gasteiger partial charge in [-0.2, -0.15) is 22.2 Å². The third kappa shape index (κ3) is 8.98. The highest BCUT2D eigenvalue weighted by atomic mass is 35.8. The average Bonchev–Trinajstić information content (AvgIpc) is 2.38. The third-order valence-corrected chi connectivity index (χ3v) is 114. The summed E-state index contributed by atoms with van der Waals surface area (Å²) in [4.78, 5) is 0.